The molecule has 2 aromatic rings. The Morgan fingerprint density at radius 1 is 1.44 bits per heavy atom. The lowest BCUT2D eigenvalue weighted by atomic mass is 10.2. The maximum absolute atomic E-state index is 10.8. The SMILES string of the molecule is CC(C)c1noc(-c2ccc(Cl)c([N+](=O)[O-])c2)n1. The van der Waals surface area contributed by atoms with E-state index in [0.29, 0.717) is 11.4 Å². The molecule has 0 atom stereocenters. The van der Waals surface area contributed by atoms with Gasteiger partial charge in [0.05, 0.1) is 4.92 Å². The Kier molecular flexibility index (Phi) is 3.29. The van der Waals surface area contributed by atoms with E-state index < -0.39 is 4.92 Å². The lowest BCUT2D eigenvalue weighted by molar-refractivity contribution is -0.384. The minimum atomic E-state index is -0.550. The maximum Gasteiger partial charge on any atom is 0.288 e. The quantitative estimate of drug-likeness (QED) is 0.628. The van der Waals surface area contributed by atoms with Crippen LogP contribution in [0.25, 0.3) is 11.5 Å². The number of nitro groups is 1. The van der Waals surface area contributed by atoms with Gasteiger partial charge in [-0.2, -0.15) is 4.98 Å². The van der Waals surface area contributed by atoms with Crippen molar-refractivity contribution in [2.24, 2.45) is 0 Å². The average molecular weight is 268 g/mol. The van der Waals surface area contributed by atoms with Gasteiger partial charge in [-0.25, -0.2) is 0 Å². The number of nitrogens with zero attached hydrogens (tertiary/aromatic N) is 3. The first-order chi connectivity index (χ1) is 8.49. The summed E-state index contributed by atoms with van der Waals surface area (Å²) >= 11 is 5.73. The molecule has 0 N–H and O–H groups in total. The summed E-state index contributed by atoms with van der Waals surface area (Å²) in [6.45, 7) is 3.86. The normalized spacial score (nSPS) is 10.9. The molecular formula is C11H10ClN3O3. The molecule has 6 nitrogen and oxygen atoms in total. The maximum atomic E-state index is 10.8. The van der Waals surface area contributed by atoms with E-state index in [9.17, 15) is 10.1 Å². The zero-order valence-corrected chi connectivity index (χ0v) is 10.5. The third-order valence-corrected chi connectivity index (χ3v) is 2.67. The molecular weight excluding hydrogens is 258 g/mol. The monoisotopic (exact) mass is 267 g/mol. The van der Waals surface area contributed by atoms with E-state index in [1.54, 1.807) is 6.07 Å². The van der Waals surface area contributed by atoms with Crippen molar-refractivity contribution in [3.8, 4) is 11.5 Å². The van der Waals surface area contributed by atoms with Crippen molar-refractivity contribution in [1.82, 2.24) is 10.1 Å². The van der Waals surface area contributed by atoms with E-state index in [2.05, 4.69) is 10.1 Å². The van der Waals surface area contributed by atoms with Crippen molar-refractivity contribution in [3.05, 3.63) is 39.2 Å². The Morgan fingerprint density at radius 2 is 2.17 bits per heavy atom. The summed E-state index contributed by atoms with van der Waals surface area (Å²) in [4.78, 5) is 14.4. The van der Waals surface area contributed by atoms with Crippen LogP contribution in [0.15, 0.2) is 22.7 Å². The van der Waals surface area contributed by atoms with Crippen LogP contribution in [0.1, 0.15) is 25.6 Å². The van der Waals surface area contributed by atoms with E-state index in [0.717, 1.165) is 0 Å². The number of aromatic nitrogens is 2. The molecule has 0 amide bonds. The zero-order chi connectivity index (χ0) is 13.3. The van der Waals surface area contributed by atoms with Crippen molar-refractivity contribution >= 4 is 17.3 Å². The van der Waals surface area contributed by atoms with E-state index in [1.165, 1.54) is 12.1 Å². The van der Waals surface area contributed by atoms with Gasteiger partial charge in [-0.15, -0.1) is 0 Å². The molecule has 7 heteroatoms. The van der Waals surface area contributed by atoms with Crippen molar-refractivity contribution in [1.29, 1.82) is 0 Å². The van der Waals surface area contributed by atoms with E-state index in [4.69, 9.17) is 16.1 Å². The molecule has 94 valence electrons. The predicted molar refractivity (Wildman–Crippen MR) is 65.5 cm³/mol. The van der Waals surface area contributed by atoms with Gasteiger partial charge in [-0.3, -0.25) is 10.1 Å². The molecule has 0 fully saturated rings. The second kappa shape index (κ2) is 4.73. The molecule has 0 radical (unpaired) electrons. The van der Waals surface area contributed by atoms with Crippen molar-refractivity contribution < 1.29 is 9.45 Å². The second-order valence-electron chi connectivity index (χ2n) is 4.04. The standard InChI is InChI=1S/C11H10ClN3O3/c1-6(2)10-13-11(18-14-10)7-3-4-8(12)9(5-7)15(16)17/h3-6H,1-2H3. The lowest BCUT2D eigenvalue weighted by Crippen LogP contribution is -1.91. The van der Waals surface area contributed by atoms with Gasteiger partial charge in [-0.05, 0) is 12.1 Å². The van der Waals surface area contributed by atoms with Gasteiger partial charge >= 0.3 is 0 Å². The zero-order valence-electron chi connectivity index (χ0n) is 9.75. The first kappa shape index (κ1) is 12.5. The number of nitro benzene ring substituents is 1. The van der Waals surface area contributed by atoms with Gasteiger partial charge in [0.2, 0.25) is 0 Å². The fraction of sp³-hybridized carbons (Fsp3) is 0.273. The Hall–Kier alpha value is -1.95. The molecule has 1 aromatic heterocycles. The minimum Gasteiger partial charge on any atom is -0.334 e. The van der Waals surface area contributed by atoms with Crippen LogP contribution in [0.5, 0.6) is 0 Å². The number of hydrogen-bond donors (Lipinski definition) is 0. The molecule has 0 saturated heterocycles. The van der Waals surface area contributed by atoms with Crippen molar-refractivity contribution in [3.63, 3.8) is 0 Å². The van der Waals surface area contributed by atoms with Crippen molar-refractivity contribution in [2.75, 3.05) is 0 Å². The second-order valence-corrected chi connectivity index (χ2v) is 4.44. The van der Waals surface area contributed by atoms with Crippen molar-refractivity contribution in [2.45, 2.75) is 19.8 Å². The summed E-state index contributed by atoms with van der Waals surface area (Å²) in [6, 6.07) is 4.36. The molecule has 1 aromatic carbocycles. The van der Waals surface area contributed by atoms with E-state index >= 15 is 0 Å². The van der Waals surface area contributed by atoms with Crippen LogP contribution in [0, 0.1) is 10.1 Å². The molecule has 0 aliphatic heterocycles. The predicted octanol–water partition coefficient (Wildman–Crippen LogP) is 3.42. The van der Waals surface area contributed by atoms with Crippen LogP contribution in [-0.2, 0) is 0 Å². The Balaban J connectivity index is 2.44. The van der Waals surface area contributed by atoms with Crippen LogP contribution in [0.2, 0.25) is 5.02 Å². The third kappa shape index (κ3) is 2.33. The van der Waals surface area contributed by atoms with E-state index in [-0.39, 0.29) is 22.5 Å². The highest BCUT2D eigenvalue weighted by atomic mass is 35.5. The summed E-state index contributed by atoms with van der Waals surface area (Å²) in [5, 5.41) is 14.6. The molecule has 0 aliphatic carbocycles. The van der Waals surface area contributed by atoms with Gasteiger partial charge in [0.25, 0.3) is 11.6 Å². The summed E-state index contributed by atoms with van der Waals surface area (Å²) in [6.07, 6.45) is 0. The number of benzene rings is 1. The topological polar surface area (TPSA) is 82.1 Å². The highest BCUT2D eigenvalue weighted by molar-refractivity contribution is 6.32. The Labute approximate surface area is 108 Å². The van der Waals surface area contributed by atoms with Crippen LogP contribution in [-0.4, -0.2) is 15.1 Å². The third-order valence-electron chi connectivity index (χ3n) is 2.35. The first-order valence-corrected chi connectivity index (χ1v) is 5.64. The lowest BCUT2D eigenvalue weighted by Gasteiger charge is -1.97. The molecule has 0 aliphatic rings. The highest BCUT2D eigenvalue weighted by Crippen LogP contribution is 2.29. The fourth-order valence-electron chi connectivity index (χ4n) is 1.37. The summed E-state index contributed by atoms with van der Waals surface area (Å²) in [5.74, 6) is 0.936. The van der Waals surface area contributed by atoms with Crippen LogP contribution >= 0.6 is 11.6 Å². The largest absolute Gasteiger partial charge is 0.334 e. The summed E-state index contributed by atoms with van der Waals surface area (Å²) < 4.78 is 5.06. The van der Waals surface area contributed by atoms with Crippen LogP contribution < -0.4 is 0 Å². The molecule has 18 heavy (non-hydrogen) atoms. The Bertz CT molecular complexity index is 595. The summed E-state index contributed by atoms with van der Waals surface area (Å²) in [7, 11) is 0. The van der Waals surface area contributed by atoms with Gasteiger partial charge in [0, 0.05) is 17.5 Å². The van der Waals surface area contributed by atoms with Gasteiger partial charge in [0.1, 0.15) is 5.02 Å². The smallest absolute Gasteiger partial charge is 0.288 e. The molecule has 1 heterocycles. The molecule has 0 saturated carbocycles. The van der Waals surface area contributed by atoms with E-state index in [1.807, 2.05) is 13.8 Å². The molecule has 0 unspecified atom stereocenters. The van der Waals surface area contributed by atoms with Crippen LogP contribution in [0.3, 0.4) is 0 Å². The highest BCUT2D eigenvalue weighted by Gasteiger charge is 2.17. The molecule has 0 bridgehead atoms. The molecule has 2 rings (SSSR count). The van der Waals surface area contributed by atoms with Crippen LogP contribution in [0.4, 0.5) is 5.69 Å². The summed E-state index contributed by atoms with van der Waals surface area (Å²) in [5.41, 5.74) is 0.295. The molecule has 0 spiro atoms. The van der Waals surface area contributed by atoms with Gasteiger partial charge < -0.3 is 4.52 Å². The van der Waals surface area contributed by atoms with Gasteiger partial charge in [0.15, 0.2) is 5.82 Å². The number of hydrogen-bond acceptors (Lipinski definition) is 5. The average Bonchev–Trinajstić information content (AvgIpc) is 2.78. The first-order valence-electron chi connectivity index (χ1n) is 5.27. The van der Waals surface area contributed by atoms with Gasteiger partial charge in [-0.1, -0.05) is 30.6 Å². The number of rotatable bonds is 3. The fourth-order valence-corrected chi connectivity index (χ4v) is 1.56. The number of halogens is 1. The minimum absolute atomic E-state index is 0.0762. The Morgan fingerprint density at radius 3 is 2.72 bits per heavy atom.